The lowest BCUT2D eigenvalue weighted by Crippen LogP contribution is -2.38. The van der Waals surface area contributed by atoms with Crippen LogP contribution in [0.2, 0.25) is 0 Å². The Hall–Kier alpha value is -1.35. The molecule has 1 saturated heterocycles. The number of hydrogen-bond donors (Lipinski definition) is 1. The van der Waals surface area contributed by atoms with Crippen LogP contribution in [0.25, 0.3) is 0 Å². The van der Waals surface area contributed by atoms with E-state index in [1.165, 1.54) is 50.8 Å². The summed E-state index contributed by atoms with van der Waals surface area (Å²) < 4.78 is 0. The molecule has 1 amide bonds. The van der Waals surface area contributed by atoms with Crippen molar-refractivity contribution in [1.29, 1.82) is 0 Å². The number of benzene rings is 1. The fourth-order valence-corrected chi connectivity index (χ4v) is 4.51. The number of amides is 1. The molecule has 3 heteroatoms. The molecular formula is C22H34N2O. The van der Waals surface area contributed by atoms with Gasteiger partial charge in [-0.3, -0.25) is 9.69 Å². The Morgan fingerprint density at radius 3 is 2.52 bits per heavy atom. The lowest BCUT2D eigenvalue weighted by Gasteiger charge is -2.32. The highest BCUT2D eigenvalue weighted by Gasteiger charge is 2.27. The Bertz CT molecular complexity index is 522. The average Bonchev–Trinajstić information content (AvgIpc) is 2.64. The molecule has 1 aromatic rings. The van der Waals surface area contributed by atoms with Gasteiger partial charge in [0.05, 0.1) is 0 Å². The number of nitrogens with zero attached hydrogens (tertiary/aromatic N) is 1. The predicted octanol–water partition coefficient (Wildman–Crippen LogP) is 4.23. The van der Waals surface area contributed by atoms with Crippen molar-refractivity contribution in [3.05, 3.63) is 35.9 Å². The molecule has 1 aliphatic carbocycles. The van der Waals surface area contributed by atoms with Crippen molar-refractivity contribution < 1.29 is 4.79 Å². The SMILES string of the molecule is C[C@H]1CCCC[C@H]1C(=O)NCCC1CCN(Cc2ccccc2)CC1. The quantitative estimate of drug-likeness (QED) is 0.839. The molecule has 0 spiro atoms. The van der Waals surface area contributed by atoms with E-state index in [1.54, 1.807) is 0 Å². The molecule has 138 valence electrons. The first-order valence-electron chi connectivity index (χ1n) is 10.3. The van der Waals surface area contributed by atoms with E-state index < -0.39 is 0 Å². The average molecular weight is 343 g/mol. The van der Waals surface area contributed by atoms with Gasteiger partial charge in [-0.05, 0) is 62.6 Å². The van der Waals surface area contributed by atoms with Gasteiger partial charge in [0, 0.05) is 19.0 Å². The van der Waals surface area contributed by atoms with Crippen LogP contribution >= 0.6 is 0 Å². The minimum absolute atomic E-state index is 0.265. The van der Waals surface area contributed by atoms with Crippen molar-refractivity contribution in [2.45, 2.75) is 58.4 Å². The molecule has 1 aliphatic heterocycles. The topological polar surface area (TPSA) is 32.3 Å². The highest BCUT2D eigenvalue weighted by Crippen LogP contribution is 2.29. The molecule has 25 heavy (non-hydrogen) atoms. The lowest BCUT2D eigenvalue weighted by molar-refractivity contribution is -0.127. The van der Waals surface area contributed by atoms with E-state index in [0.717, 1.165) is 31.8 Å². The highest BCUT2D eigenvalue weighted by atomic mass is 16.1. The van der Waals surface area contributed by atoms with E-state index in [9.17, 15) is 4.79 Å². The number of rotatable bonds is 6. The second-order valence-corrected chi connectivity index (χ2v) is 8.15. The van der Waals surface area contributed by atoms with Gasteiger partial charge in [0.15, 0.2) is 0 Å². The summed E-state index contributed by atoms with van der Waals surface area (Å²) in [5.74, 6) is 1.92. The second-order valence-electron chi connectivity index (χ2n) is 8.15. The highest BCUT2D eigenvalue weighted by molar-refractivity contribution is 5.78. The molecule has 3 nitrogen and oxygen atoms in total. The molecule has 1 saturated carbocycles. The van der Waals surface area contributed by atoms with Crippen LogP contribution in [-0.2, 0) is 11.3 Å². The molecule has 0 unspecified atom stereocenters. The first-order chi connectivity index (χ1) is 12.2. The summed E-state index contributed by atoms with van der Waals surface area (Å²) in [6.45, 7) is 6.56. The van der Waals surface area contributed by atoms with Crippen molar-refractivity contribution in [2.24, 2.45) is 17.8 Å². The molecule has 2 atom stereocenters. The molecular weight excluding hydrogens is 308 g/mol. The molecule has 1 heterocycles. The predicted molar refractivity (Wildman–Crippen MR) is 103 cm³/mol. The second kappa shape index (κ2) is 9.38. The molecule has 3 rings (SSSR count). The third-order valence-corrected chi connectivity index (χ3v) is 6.26. The summed E-state index contributed by atoms with van der Waals surface area (Å²) in [7, 11) is 0. The van der Waals surface area contributed by atoms with Crippen molar-refractivity contribution in [1.82, 2.24) is 10.2 Å². The van der Waals surface area contributed by atoms with Crippen LogP contribution in [0.3, 0.4) is 0 Å². The van der Waals surface area contributed by atoms with E-state index in [0.29, 0.717) is 11.8 Å². The number of nitrogens with one attached hydrogen (secondary N) is 1. The molecule has 0 aromatic heterocycles. The zero-order valence-electron chi connectivity index (χ0n) is 15.8. The van der Waals surface area contributed by atoms with Crippen LogP contribution in [0.4, 0.5) is 0 Å². The summed E-state index contributed by atoms with van der Waals surface area (Å²) in [5, 5.41) is 3.23. The maximum absolute atomic E-state index is 12.4. The zero-order valence-corrected chi connectivity index (χ0v) is 15.8. The number of piperidine rings is 1. The van der Waals surface area contributed by atoms with E-state index >= 15 is 0 Å². The van der Waals surface area contributed by atoms with Gasteiger partial charge in [-0.15, -0.1) is 0 Å². The number of likely N-dealkylation sites (tertiary alicyclic amines) is 1. The van der Waals surface area contributed by atoms with Crippen LogP contribution in [-0.4, -0.2) is 30.4 Å². The summed E-state index contributed by atoms with van der Waals surface area (Å²) in [6, 6.07) is 10.8. The fraction of sp³-hybridized carbons (Fsp3) is 0.682. The Kier molecular flexibility index (Phi) is 6.92. The molecule has 0 radical (unpaired) electrons. The maximum Gasteiger partial charge on any atom is 0.223 e. The minimum Gasteiger partial charge on any atom is -0.356 e. The van der Waals surface area contributed by atoms with Crippen LogP contribution in [0, 0.1) is 17.8 Å². The third kappa shape index (κ3) is 5.57. The Morgan fingerprint density at radius 2 is 1.80 bits per heavy atom. The van der Waals surface area contributed by atoms with E-state index in [-0.39, 0.29) is 5.92 Å². The van der Waals surface area contributed by atoms with Gasteiger partial charge in [0.2, 0.25) is 5.91 Å². The molecule has 2 aliphatic rings. The summed E-state index contributed by atoms with van der Waals surface area (Å²) in [5.41, 5.74) is 1.41. The number of carbonyl (C=O) groups excluding carboxylic acids is 1. The van der Waals surface area contributed by atoms with E-state index in [1.807, 2.05) is 0 Å². The first kappa shape index (κ1) is 18.4. The fourth-order valence-electron chi connectivity index (χ4n) is 4.51. The summed E-state index contributed by atoms with van der Waals surface area (Å²) in [4.78, 5) is 14.9. The van der Waals surface area contributed by atoms with Crippen molar-refractivity contribution >= 4 is 5.91 Å². The lowest BCUT2D eigenvalue weighted by atomic mass is 9.80. The standard InChI is InChI=1S/C22H34N2O/c1-18-7-5-6-10-21(18)22(25)23-14-11-19-12-15-24(16-13-19)17-20-8-3-2-4-9-20/h2-4,8-9,18-19,21H,5-7,10-17H2,1H3,(H,23,25)/t18-,21+/m0/s1. The van der Waals surface area contributed by atoms with Gasteiger partial charge < -0.3 is 5.32 Å². The molecule has 1 aromatic carbocycles. The Balaban J connectivity index is 1.32. The van der Waals surface area contributed by atoms with E-state index in [4.69, 9.17) is 0 Å². The maximum atomic E-state index is 12.4. The van der Waals surface area contributed by atoms with Gasteiger partial charge in [-0.2, -0.15) is 0 Å². The third-order valence-electron chi connectivity index (χ3n) is 6.26. The van der Waals surface area contributed by atoms with Gasteiger partial charge in [0.1, 0.15) is 0 Å². The molecule has 2 fully saturated rings. The van der Waals surface area contributed by atoms with E-state index in [2.05, 4.69) is 47.5 Å². The summed E-state index contributed by atoms with van der Waals surface area (Å²) >= 11 is 0. The Labute approximate surface area is 153 Å². The van der Waals surface area contributed by atoms with Gasteiger partial charge in [-0.1, -0.05) is 50.1 Å². The van der Waals surface area contributed by atoms with Crippen LogP contribution < -0.4 is 5.32 Å². The normalized spacial score (nSPS) is 25.6. The van der Waals surface area contributed by atoms with Crippen LogP contribution in [0.5, 0.6) is 0 Å². The summed E-state index contributed by atoms with van der Waals surface area (Å²) in [6.07, 6.45) is 8.51. The van der Waals surface area contributed by atoms with Crippen LogP contribution in [0.1, 0.15) is 57.4 Å². The van der Waals surface area contributed by atoms with Crippen molar-refractivity contribution in [2.75, 3.05) is 19.6 Å². The number of hydrogen-bond acceptors (Lipinski definition) is 2. The molecule has 1 N–H and O–H groups in total. The van der Waals surface area contributed by atoms with Crippen molar-refractivity contribution in [3.63, 3.8) is 0 Å². The van der Waals surface area contributed by atoms with Crippen LogP contribution in [0.15, 0.2) is 30.3 Å². The van der Waals surface area contributed by atoms with Gasteiger partial charge in [0.25, 0.3) is 0 Å². The smallest absolute Gasteiger partial charge is 0.223 e. The largest absolute Gasteiger partial charge is 0.356 e. The Morgan fingerprint density at radius 1 is 1.08 bits per heavy atom. The minimum atomic E-state index is 0.265. The first-order valence-corrected chi connectivity index (χ1v) is 10.3. The van der Waals surface area contributed by atoms with Gasteiger partial charge in [-0.25, -0.2) is 0 Å². The van der Waals surface area contributed by atoms with Crippen molar-refractivity contribution in [3.8, 4) is 0 Å². The zero-order chi connectivity index (χ0) is 17.5. The monoisotopic (exact) mass is 342 g/mol. The number of carbonyl (C=O) groups is 1. The molecule has 0 bridgehead atoms. The van der Waals surface area contributed by atoms with Gasteiger partial charge >= 0.3 is 0 Å².